The second kappa shape index (κ2) is 11.1. The van der Waals surface area contributed by atoms with E-state index in [9.17, 15) is 14.7 Å². The molecule has 5 aromatic rings. The van der Waals surface area contributed by atoms with Crippen molar-refractivity contribution in [3.8, 4) is 11.1 Å². The third-order valence-electron chi connectivity index (χ3n) is 6.93. The van der Waals surface area contributed by atoms with Gasteiger partial charge in [-0.3, -0.25) is 4.79 Å². The topological polar surface area (TPSA) is 57.6 Å². The molecule has 5 rings (SSSR count). The van der Waals surface area contributed by atoms with Gasteiger partial charge in [-0.1, -0.05) is 115 Å². The van der Waals surface area contributed by atoms with Gasteiger partial charge in [-0.05, 0) is 52.1 Å². The largest absolute Gasteiger partial charge is 0.480 e. The van der Waals surface area contributed by atoms with E-state index in [1.54, 1.807) is 12.1 Å². The molecule has 0 aliphatic heterocycles. The highest BCUT2D eigenvalue weighted by molar-refractivity contribution is 5.97. The van der Waals surface area contributed by atoms with Gasteiger partial charge in [-0.25, -0.2) is 4.79 Å². The third-order valence-corrected chi connectivity index (χ3v) is 6.93. The highest BCUT2D eigenvalue weighted by atomic mass is 16.4. The maximum atomic E-state index is 13.8. The molecule has 0 bridgehead atoms. The van der Waals surface area contributed by atoms with Gasteiger partial charge in [-0.15, -0.1) is 0 Å². The van der Waals surface area contributed by atoms with Crippen LogP contribution in [0.3, 0.4) is 0 Å². The van der Waals surface area contributed by atoms with Crippen molar-refractivity contribution in [1.82, 2.24) is 4.90 Å². The van der Waals surface area contributed by atoms with E-state index in [-0.39, 0.29) is 18.9 Å². The monoisotopic (exact) mass is 499 g/mol. The van der Waals surface area contributed by atoms with E-state index in [2.05, 4.69) is 0 Å². The van der Waals surface area contributed by atoms with Crippen LogP contribution in [0.2, 0.25) is 0 Å². The Balaban J connectivity index is 1.50. The van der Waals surface area contributed by atoms with Gasteiger partial charge in [0.15, 0.2) is 0 Å². The van der Waals surface area contributed by atoms with Crippen molar-refractivity contribution in [2.24, 2.45) is 0 Å². The van der Waals surface area contributed by atoms with Crippen LogP contribution < -0.4 is 0 Å². The Hall–Kier alpha value is -4.70. The summed E-state index contributed by atoms with van der Waals surface area (Å²) < 4.78 is 0. The molecule has 188 valence electrons. The summed E-state index contributed by atoms with van der Waals surface area (Å²) in [7, 11) is 0. The molecule has 0 saturated heterocycles. The first-order valence-electron chi connectivity index (χ1n) is 12.7. The molecular weight excluding hydrogens is 470 g/mol. The number of rotatable bonds is 8. The number of carboxylic acid groups (broad SMARTS) is 1. The molecule has 0 aliphatic carbocycles. The van der Waals surface area contributed by atoms with Gasteiger partial charge in [0.2, 0.25) is 0 Å². The Morgan fingerprint density at radius 3 is 2.05 bits per heavy atom. The van der Waals surface area contributed by atoms with Crippen LogP contribution in [0.4, 0.5) is 0 Å². The highest BCUT2D eigenvalue weighted by Gasteiger charge is 2.31. The fraction of sp³-hybridized carbons (Fsp3) is 0.118. The van der Waals surface area contributed by atoms with Crippen molar-refractivity contribution in [1.29, 1.82) is 0 Å². The van der Waals surface area contributed by atoms with E-state index in [0.717, 1.165) is 38.6 Å². The van der Waals surface area contributed by atoms with E-state index < -0.39 is 12.0 Å². The number of carbonyl (C=O) groups excluding carboxylic acids is 1. The molecule has 1 N–H and O–H groups in total. The summed E-state index contributed by atoms with van der Waals surface area (Å²) >= 11 is 0. The van der Waals surface area contributed by atoms with E-state index in [1.165, 1.54) is 4.90 Å². The molecule has 0 saturated carbocycles. The molecule has 4 heteroatoms. The van der Waals surface area contributed by atoms with Crippen LogP contribution in [-0.4, -0.2) is 27.9 Å². The molecule has 0 aliphatic rings. The predicted octanol–water partition coefficient (Wildman–Crippen LogP) is 7.15. The summed E-state index contributed by atoms with van der Waals surface area (Å²) in [6.45, 7) is 2.15. The Morgan fingerprint density at radius 1 is 0.711 bits per heavy atom. The van der Waals surface area contributed by atoms with E-state index >= 15 is 0 Å². The lowest BCUT2D eigenvalue weighted by Crippen LogP contribution is -2.46. The van der Waals surface area contributed by atoms with Gasteiger partial charge >= 0.3 is 5.97 Å². The summed E-state index contributed by atoms with van der Waals surface area (Å²) in [5.74, 6) is -1.33. The lowest BCUT2D eigenvalue weighted by molar-refractivity contribution is -0.142. The molecular formula is C34H29NO3. The molecule has 1 unspecified atom stereocenters. The second-order valence-corrected chi connectivity index (χ2v) is 9.56. The number of nitrogens with zero attached hydrogens (tertiary/aromatic N) is 1. The normalized spacial score (nSPS) is 11.7. The van der Waals surface area contributed by atoms with Crippen molar-refractivity contribution in [2.75, 3.05) is 0 Å². The van der Waals surface area contributed by atoms with Crippen LogP contribution in [-0.2, 0) is 17.8 Å². The molecule has 5 aromatic carbocycles. The van der Waals surface area contributed by atoms with Crippen LogP contribution >= 0.6 is 0 Å². The van der Waals surface area contributed by atoms with Crippen LogP contribution in [0.1, 0.15) is 27.0 Å². The van der Waals surface area contributed by atoms with Crippen LogP contribution in [0.15, 0.2) is 121 Å². The number of hydrogen-bond acceptors (Lipinski definition) is 2. The molecule has 38 heavy (non-hydrogen) atoms. The quantitative estimate of drug-likeness (QED) is 0.247. The van der Waals surface area contributed by atoms with E-state index in [4.69, 9.17) is 0 Å². The minimum Gasteiger partial charge on any atom is -0.480 e. The lowest BCUT2D eigenvalue weighted by Gasteiger charge is -2.30. The number of benzene rings is 5. The molecule has 1 amide bonds. The maximum absolute atomic E-state index is 13.8. The first kappa shape index (κ1) is 25.0. The number of aliphatic carboxylic acids is 1. The molecule has 0 radical (unpaired) electrons. The molecule has 1 atom stereocenters. The van der Waals surface area contributed by atoms with Crippen molar-refractivity contribution in [3.63, 3.8) is 0 Å². The Labute approximate surface area is 222 Å². The predicted molar refractivity (Wildman–Crippen MR) is 152 cm³/mol. The first-order chi connectivity index (χ1) is 18.5. The van der Waals surface area contributed by atoms with Gasteiger partial charge in [0, 0.05) is 18.5 Å². The third kappa shape index (κ3) is 5.50. The summed E-state index contributed by atoms with van der Waals surface area (Å²) in [6, 6.07) is 38.1. The van der Waals surface area contributed by atoms with Crippen LogP contribution in [0, 0.1) is 6.92 Å². The van der Waals surface area contributed by atoms with Gasteiger partial charge in [0.25, 0.3) is 5.91 Å². The highest BCUT2D eigenvalue weighted by Crippen LogP contribution is 2.25. The van der Waals surface area contributed by atoms with Crippen molar-refractivity contribution in [2.45, 2.75) is 25.9 Å². The summed E-state index contributed by atoms with van der Waals surface area (Å²) in [4.78, 5) is 28.0. The standard InChI is InChI=1S/C34H29NO3/c1-24-14-18-29(19-15-24)33(36)35(23-30-12-7-11-28-10-5-6-13-31(28)30)32(34(37)38)22-25-16-20-27(21-17-25)26-8-3-2-4-9-26/h2-21,32H,22-23H2,1H3,(H,37,38). The van der Waals surface area contributed by atoms with Crippen LogP contribution in [0.5, 0.6) is 0 Å². The Morgan fingerprint density at radius 2 is 1.34 bits per heavy atom. The molecule has 0 aromatic heterocycles. The smallest absolute Gasteiger partial charge is 0.326 e. The van der Waals surface area contributed by atoms with Gasteiger partial charge < -0.3 is 10.0 Å². The number of amides is 1. The number of fused-ring (bicyclic) bond motifs is 1. The van der Waals surface area contributed by atoms with Gasteiger partial charge in [-0.2, -0.15) is 0 Å². The Bertz CT molecular complexity index is 1550. The van der Waals surface area contributed by atoms with E-state index in [1.807, 2.05) is 116 Å². The molecule has 0 fully saturated rings. The average Bonchev–Trinajstić information content (AvgIpc) is 2.95. The molecule has 4 nitrogen and oxygen atoms in total. The fourth-order valence-electron chi connectivity index (χ4n) is 4.82. The maximum Gasteiger partial charge on any atom is 0.326 e. The van der Waals surface area contributed by atoms with Crippen molar-refractivity contribution < 1.29 is 14.7 Å². The first-order valence-corrected chi connectivity index (χ1v) is 12.7. The number of hydrogen-bond donors (Lipinski definition) is 1. The zero-order chi connectivity index (χ0) is 26.5. The van der Waals surface area contributed by atoms with Gasteiger partial charge in [0.1, 0.15) is 6.04 Å². The zero-order valence-corrected chi connectivity index (χ0v) is 21.2. The SMILES string of the molecule is Cc1ccc(C(=O)N(Cc2cccc3ccccc23)C(Cc2ccc(-c3ccccc3)cc2)C(=O)O)cc1. The van der Waals surface area contributed by atoms with Gasteiger partial charge in [0.05, 0.1) is 0 Å². The minimum atomic E-state index is -1.04. The summed E-state index contributed by atoms with van der Waals surface area (Å²) in [5.41, 5.74) is 5.44. The molecule has 0 spiro atoms. The Kier molecular flexibility index (Phi) is 7.32. The number of carbonyl (C=O) groups is 2. The van der Waals surface area contributed by atoms with Crippen molar-refractivity contribution in [3.05, 3.63) is 144 Å². The second-order valence-electron chi connectivity index (χ2n) is 9.56. The molecule has 0 heterocycles. The van der Waals surface area contributed by atoms with Crippen molar-refractivity contribution >= 4 is 22.6 Å². The minimum absolute atomic E-state index is 0.188. The number of carboxylic acids is 1. The zero-order valence-electron chi connectivity index (χ0n) is 21.2. The van der Waals surface area contributed by atoms with Crippen LogP contribution in [0.25, 0.3) is 21.9 Å². The fourth-order valence-corrected chi connectivity index (χ4v) is 4.82. The lowest BCUT2D eigenvalue weighted by atomic mass is 9.98. The summed E-state index contributed by atoms with van der Waals surface area (Å²) in [6.07, 6.45) is 0.201. The average molecular weight is 500 g/mol. The number of aryl methyl sites for hydroxylation is 1. The van der Waals surface area contributed by atoms with E-state index in [0.29, 0.717) is 5.56 Å². The summed E-state index contributed by atoms with van der Waals surface area (Å²) in [5, 5.41) is 12.4.